The summed E-state index contributed by atoms with van der Waals surface area (Å²) < 4.78 is 22.9. The first kappa shape index (κ1) is 31.2. The molecular formula is C26H37N8O5PS. The van der Waals surface area contributed by atoms with Gasteiger partial charge in [-0.15, -0.1) is 11.3 Å². The number of ether oxygens (including phenoxy) is 1. The molecule has 1 aliphatic heterocycles. The van der Waals surface area contributed by atoms with E-state index in [2.05, 4.69) is 58.4 Å². The van der Waals surface area contributed by atoms with Crippen molar-refractivity contribution >= 4 is 43.3 Å². The van der Waals surface area contributed by atoms with Crippen molar-refractivity contribution in [1.82, 2.24) is 29.1 Å². The predicted octanol–water partition coefficient (Wildman–Crippen LogP) is 4.01. The Labute approximate surface area is 244 Å². The van der Waals surface area contributed by atoms with E-state index in [9.17, 15) is 9.90 Å². The van der Waals surface area contributed by atoms with Crippen LogP contribution in [-0.2, 0) is 13.8 Å². The van der Waals surface area contributed by atoms with Gasteiger partial charge in [0.15, 0.2) is 17.0 Å². The Kier molecular flexibility index (Phi) is 10.6. The lowest BCUT2D eigenvalue weighted by molar-refractivity contribution is -0.0405. The van der Waals surface area contributed by atoms with Gasteiger partial charge in [-0.05, 0) is 39.1 Å². The van der Waals surface area contributed by atoms with Gasteiger partial charge in [-0.1, -0.05) is 6.07 Å². The molecule has 0 radical (unpaired) electrons. The summed E-state index contributed by atoms with van der Waals surface area (Å²) in [5.74, 6) is 0.668. The number of aromatic amines is 1. The Morgan fingerprint density at radius 3 is 2.73 bits per heavy atom. The summed E-state index contributed by atoms with van der Waals surface area (Å²) in [6.45, 7) is 8.21. The lowest BCUT2D eigenvalue weighted by Gasteiger charge is -2.37. The fourth-order valence-corrected chi connectivity index (χ4v) is 7.07. The molecule has 1 unspecified atom stereocenters. The van der Waals surface area contributed by atoms with Crippen LogP contribution in [0.25, 0.3) is 21.9 Å². The second kappa shape index (κ2) is 13.9. The fourth-order valence-electron chi connectivity index (χ4n) is 4.60. The first-order chi connectivity index (χ1) is 19.6. The number of hydrogen-bond acceptors (Lipinski definition) is 11. The average Bonchev–Trinajstić information content (AvgIpc) is 3.65. The summed E-state index contributed by atoms with van der Waals surface area (Å²) in [6, 6.07) is 6.17. The summed E-state index contributed by atoms with van der Waals surface area (Å²) in [7, 11) is 2.08. The van der Waals surface area contributed by atoms with Crippen LogP contribution in [0.4, 0.5) is 5.95 Å². The molecule has 4 atom stereocenters. The third kappa shape index (κ3) is 7.18. The molecule has 4 rings (SSSR count). The van der Waals surface area contributed by atoms with Gasteiger partial charge in [0.25, 0.3) is 14.1 Å². The lowest BCUT2D eigenvalue weighted by atomic mass is 10.2. The van der Waals surface area contributed by atoms with Gasteiger partial charge in [-0.2, -0.15) is 10.2 Å². The number of hydrogen-bond donors (Lipinski definition) is 2. The number of nitrogens with one attached hydrogen (secondary N) is 1. The Bertz CT molecular complexity index is 1410. The fraction of sp³-hybridized carbons (Fsp3) is 0.577. The Morgan fingerprint density at radius 1 is 1.37 bits per heavy atom. The molecule has 1 aliphatic rings. The van der Waals surface area contributed by atoms with Gasteiger partial charge in [0, 0.05) is 32.6 Å². The zero-order valence-electron chi connectivity index (χ0n) is 24.1. The molecule has 0 aliphatic carbocycles. The molecule has 41 heavy (non-hydrogen) atoms. The van der Waals surface area contributed by atoms with Crippen LogP contribution in [0.2, 0.25) is 0 Å². The highest BCUT2D eigenvalue weighted by Gasteiger charge is 2.42. The maximum Gasteiger partial charge on any atom is 0.280 e. The summed E-state index contributed by atoms with van der Waals surface area (Å²) in [5, 5.41) is 21.3. The van der Waals surface area contributed by atoms with Gasteiger partial charge in [-0.3, -0.25) is 14.3 Å². The molecule has 1 saturated heterocycles. The topological polar surface area (TPSA) is 154 Å². The number of aliphatic imine (C=N–C) groups is 1. The highest BCUT2D eigenvalue weighted by atomic mass is 32.1. The van der Waals surface area contributed by atoms with Crippen molar-refractivity contribution in [2.45, 2.75) is 71.1 Å². The van der Waals surface area contributed by atoms with Crippen LogP contribution in [0.1, 0.15) is 46.8 Å². The van der Waals surface area contributed by atoms with E-state index in [-0.39, 0.29) is 43.2 Å². The first-order valence-corrected chi connectivity index (χ1v) is 15.4. The summed E-state index contributed by atoms with van der Waals surface area (Å²) >= 11 is 1.48. The highest BCUT2D eigenvalue weighted by molar-refractivity contribution is 7.44. The highest BCUT2D eigenvalue weighted by Crippen LogP contribution is 2.50. The van der Waals surface area contributed by atoms with Crippen molar-refractivity contribution in [2.24, 2.45) is 4.99 Å². The number of aliphatic hydroxyl groups is 1. The SMILES string of the molecule is CC(C)N(C(C)C)P(OCCC#N)O[C@H]1C[C@H](n2c(-c3cccs3)nc3c(=O)[nH]c(/N=C/N(C)C)nc32)O[C@@H]1CO. The number of H-pyrrole nitrogens is 1. The van der Waals surface area contributed by atoms with E-state index in [0.717, 1.165) is 4.88 Å². The zero-order chi connectivity index (χ0) is 29.7. The Hall–Kier alpha value is -2.76. The number of fused-ring (bicyclic) bond motifs is 1. The monoisotopic (exact) mass is 604 g/mol. The summed E-state index contributed by atoms with van der Waals surface area (Å²) in [5.41, 5.74) is 0.0726. The van der Waals surface area contributed by atoms with Gasteiger partial charge in [0.1, 0.15) is 12.3 Å². The predicted molar refractivity (Wildman–Crippen MR) is 159 cm³/mol. The smallest absolute Gasteiger partial charge is 0.280 e. The molecule has 1 fully saturated rings. The molecule has 0 bridgehead atoms. The van der Waals surface area contributed by atoms with E-state index in [1.165, 1.54) is 11.3 Å². The van der Waals surface area contributed by atoms with Crippen LogP contribution in [0.5, 0.6) is 0 Å². The van der Waals surface area contributed by atoms with Crippen LogP contribution in [-0.4, -0.2) is 92.1 Å². The van der Waals surface area contributed by atoms with E-state index in [0.29, 0.717) is 17.9 Å². The standard InChI is InChI=1S/C26H37N8O5PS/c1-16(2)34(17(3)4)40(37-11-8-10-27)39-18-13-21(38-19(18)14-35)33-23(20-9-7-12-41-20)29-22-24(33)30-26(31-25(22)36)28-15-32(5)6/h7,9,12,15-19,21,35H,8,11,13-14H2,1-6H3,(H,30,31,36)/b28-15+/t18-,19+,21+,40?/m0/s1. The lowest BCUT2D eigenvalue weighted by Crippen LogP contribution is -2.36. The maximum atomic E-state index is 13.0. The number of imidazole rings is 1. The quantitative estimate of drug-likeness (QED) is 0.127. The van der Waals surface area contributed by atoms with Crippen molar-refractivity contribution in [3.63, 3.8) is 0 Å². The third-order valence-electron chi connectivity index (χ3n) is 6.23. The molecule has 3 aromatic rings. The van der Waals surface area contributed by atoms with Gasteiger partial charge in [-0.25, -0.2) is 14.6 Å². The second-order valence-electron chi connectivity index (χ2n) is 10.3. The van der Waals surface area contributed by atoms with Gasteiger partial charge >= 0.3 is 0 Å². The summed E-state index contributed by atoms with van der Waals surface area (Å²) in [6.07, 6.45) is 0.315. The molecule has 0 aromatic carbocycles. The molecule has 13 nitrogen and oxygen atoms in total. The number of nitrogens with zero attached hydrogens (tertiary/aromatic N) is 7. The van der Waals surface area contributed by atoms with Crippen LogP contribution in [0.3, 0.4) is 0 Å². The average molecular weight is 605 g/mol. The number of thiophene rings is 1. The molecular weight excluding hydrogens is 567 g/mol. The number of aromatic nitrogens is 4. The van der Waals surface area contributed by atoms with Crippen LogP contribution in [0.15, 0.2) is 27.3 Å². The van der Waals surface area contributed by atoms with Crippen molar-refractivity contribution in [1.29, 1.82) is 5.26 Å². The van der Waals surface area contributed by atoms with E-state index in [4.69, 9.17) is 19.0 Å². The first-order valence-electron chi connectivity index (χ1n) is 13.4. The van der Waals surface area contributed by atoms with Crippen LogP contribution >= 0.6 is 19.9 Å². The minimum atomic E-state index is -1.56. The second-order valence-corrected chi connectivity index (χ2v) is 12.6. The van der Waals surface area contributed by atoms with Crippen molar-refractivity contribution in [3.8, 4) is 16.8 Å². The molecule has 222 valence electrons. The Balaban J connectivity index is 1.74. The van der Waals surface area contributed by atoms with Crippen molar-refractivity contribution in [2.75, 3.05) is 27.3 Å². The number of nitriles is 1. The van der Waals surface area contributed by atoms with E-state index < -0.39 is 32.5 Å². The number of rotatable bonds is 13. The van der Waals surface area contributed by atoms with Gasteiger partial charge < -0.3 is 23.8 Å². The van der Waals surface area contributed by atoms with Crippen molar-refractivity contribution < 1.29 is 18.9 Å². The molecule has 0 spiro atoms. The molecule has 4 heterocycles. The molecule has 15 heteroatoms. The maximum absolute atomic E-state index is 13.0. The molecule has 0 saturated carbocycles. The van der Waals surface area contributed by atoms with E-state index >= 15 is 0 Å². The van der Waals surface area contributed by atoms with Gasteiger partial charge in [0.2, 0.25) is 5.95 Å². The van der Waals surface area contributed by atoms with E-state index in [1.807, 2.05) is 31.6 Å². The minimum absolute atomic E-state index is 0.119. The largest absolute Gasteiger partial charge is 0.394 e. The molecule has 0 amide bonds. The zero-order valence-corrected chi connectivity index (χ0v) is 25.8. The van der Waals surface area contributed by atoms with Gasteiger partial charge in [0.05, 0.1) is 43.0 Å². The van der Waals surface area contributed by atoms with Crippen molar-refractivity contribution in [3.05, 3.63) is 27.9 Å². The normalized spacial score (nSPS) is 20.2. The van der Waals surface area contributed by atoms with Crippen LogP contribution < -0.4 is 5.56 Å². The number of aliphatic hydroxyl groups excluding tert-OH is 1. The Morgan fingerprint density at radius 2 is 2.12 bits per heavy atom. The van der Waals surface area contributed by atoms with Crippen LogP contribution in [0, 0.1) is 11.3 Å². The molecule has 3 aromatic heterocycles. The summed E-state index contributed by atoms with van der Waals surface area (Å²) in [4.78, 5) is 31.9. The minimum Gasteiger partial charge on any atom is -0.394 e. The molecule has 2 N–H and O–H groups in total. The van der Waals surface area contributed by atoms with E-state index in [1.54, 1.807) is 15.8 Å². The third-order valence-corrected chi connectivity index (χ3v) is 9.25.